The smallest absolute Gasteiger partial charge is 0.326 e. The molecule has 1 aromatic rings. The summed E-state index contributed by atoms with van der Waals surface area (Å²) in [5.74, 6) is -4.02. The molecule has 0 aliphatic heterocycles. The number of aliphatic carboxylic acids is 2. The highest BCUT2D eigenvalue weighted by atomic mass is 16.4. The molecule has 0 spiro atoms. The van der Waals surface area contributed by atoms with Gasteiger partial charge in [-0.05, 0) is 30.0 Å². The molecular weight excluding hydrogens is 394 g/mol. The summed E-state index contributed by atoms with van der Waals surface area (Å²) in [6.07, 6.45) is 0.125. The Labute approximate surface area is 174 Å². The van der Waals surface area contributed by atoms with Crippen LogP contribution in [0.3, 0.4) is 0 Å². The number of aromatic hydroxyl groups is 1. The van der Waals surface area contributed by atoms with Gasteiger partial charge in [-0.2, -0.15) is 0 Å². The number of phenolic OH excluding ortho intramolecular Hbond substituents is 1. The Morgan fingerprint density at radius 2 is 1.63 bits per heavy atom. The van der Waals surface area contributed by atoms with Crippen LogP contribution in [-0.2, 0) is 25.6 Å². The molecule has 1 aromatic carbocycles. The lowest BCUT2D eigenvalue weighted by Crippen LogP contribution is -2.56. The van der Waals surface area contributed by atoms with Gasteiger partial charge in [-0.1, -0.05) is 32.4 Å². The van der Waals surface area contributed by atoms with Crippen LogP contribution >= 0.6 is 0 Å². The molecule has 166 valence electrons. The van der Waals surface area contributed by atoms with Gasteiger partial charge < -0.3 is 31.7 Å². The van der Waals surface area contributed by atoms with Gasteiger partial charge in [0.15, 0.2) is 0 Å². The van der Waals surface area contributed by atoms with Crippen molar-refractivity contribution in [2.45, 2.75) is 57.7 Å². The van der Waals surface area contributed by atoms with Crippen LogP contribution < -0.4 is 16.4 Å². The fourth-order valence-corrected chi connectivity index (χ4v) is 2.70. The maximum absolute atomic E-state index is 12.8. The third-order valence-corrected chi connectivity index (χ3v) is 4.79. The van der Waals surface area contributed by atoms with Gasteiger partial charge in [0.05, 0.1) is 6.04 Å². The summed E-state index contributed by atoms with van der Waals surface area (Å²) in [6, 6.07) is 2.56. The average Bonchev–Trinajstić information content (AvgIpc) is 2.69. The summed E-state index contributed by atoms with van der Waals surface area (Å²) in [4.78, 5) is 47.4. The molecular formula is C20H29N3O7. The highest BCUT2D eigenvalue weighted by Gasteiger charge is 2.30. The highest BCUT2D eigenvalue weighted by molar-refractivity contribution is 5.92. The number of nitrogens with two attached hydrogens (primary N) is 1. The normalized spacial score (nSPS) is 14.8. The zero-order chi connectivity index (χ0) is 22.8. The van der Waals surface area contributed by atoms with Crippen molar-refractivity contribution in [3.63, 3.8) is 0 Å². The molecule has 0 fully saturated rings. The van der Waals surface area contributed by atoms with E-state index in [1.54, 1.807) is 26.0 Å². The molecule has 0 aromatic heterocycles. The van der Waals surface area contributed by atoms with Crippen LogP contribution in [0.2, 0.25) is 0 Å². The summed E-state index contributed by atoms with van der Waals surface area (Å²) in [7, 11) is 0. The molecule has 0 aliphatic rings. The quantitative estimate of drug-likeness (QED) is 0.276. The first-order valence-corrected chi connectivity index (χ1v) is 9.64. The van der Waals surface area contributed by atoms with Gasteiger partial charge in [0.2, 0.25) is 11.8 Å². The standard InChI is InChI=1S/C20H29N3O7/c1-3-11(2)17(20(29)30)23-19(28)15(10-12-4-6-13(24)7-5-12)22-18(27)14(21)8-9-16(25)26/h4-7,11,14-15,17,24H,3,8-10,21H2,1-2H3,(H,22,27)(H,23,28)(H,25,26)(H,29,30)/t11-,14-,15-,17-/m0/s1. The molecule has 7 N–H and O–H groups in total. The second-order valence-electron chi connectivity index (χ2n) is 7.18. The van der Waals surface area contributed by atoms with E-state index < -0.39 is 41.9 Å². The molecule has 0 aliphatic carbocycles. The van der Waals surface area contributed by atoms with Crippen molar-refractivity contribution >= 4 is 23.8 Å². The lowest BCUT2D eigenvalue weighted by atomic mass is 9.98. The summed E-state index contributed by atoms with van der Waals surface area (Å²) >= 11 is 0. The monoisotopic (exact) mass is 423 g/mol. The molecule has 10 heteroatoms. The topological polar surface area (TPSA) is 179 Å². The number of carbonyl (C=O) groups is 4. The molecule has 0 radical (unpaired) electrons. The van der Waals surface area contributed by atoms with Gasteiger partial charge in [0.1, 0.15) is 17.8 Å². The molecule has 0 saturated carbocycles. The van der Waals surface area contributed by atoms with Crippen LogP contribution in [0.15, 0.2) is 24.3 Å². The highest BCUT2D eigenvalue weighted by Crippen LogP contribution is 2.13. The predicted molar refractivity (Wildman–Crippen MR) is 108 cm³/mol. The molecule has 30 heavy (non-hydrogen) atoms. The number of hydrogen-bond acceptors (Lipinski definition) is 6. The number of nitrogens with one attached hydrogen (secondary N) is 2. The predicted octanol–water partition coefficient (Wildman–Crippen LogP) is 0.227. The van der Waals surface area contributed by atoms with Crippen molar-refractivity contribution in [3.8, 4) is 5.75 Å². The lowest BCUT2D eigenvalue weighted by Gasteiger charge is -2.25. The van der Waals surface area contributed by atoms with Crippen LogP contribution in [0.1, 0.15) is 38.7 Å². The second-order valence-corrected chi connectivity index (χ2v) is 7.18. The van der Waals surface area contributed by atoms with Crippen molar-refractivity contribution < 1.29 is 34.5 Å². The summed E-state index contributed by atoms with van der Waals surface area (Å²) in [5.41, 5.74) is 6.33. The SMILES string of the molecule is CC[C@H](C)[C@H](NC(=O)[C@H](Cc1ccc(O)cc1)NC(=O)[C@@H](N)CCC(=O)O)C(=O)O. The van der Waals surface area contributed by atoms with Gasteiger partial charge in [-0.3, -0.25) is 14.4 Å². The molecule has 0 bridgehead atoms. The maximum Gasteiger partial charge on any atom is 0.326 e. The number of carboxylic acids is 2. The first-order chi connectivity index (χ1) is 14.0. The molecule has 0 unspecified atom stereocenters. The Morgan fingerprint density at radius 1 is 1.03 bits per heavy atom. The first kappa shape index (κ1) is 24.9. The van der Waals surface area contributed by atoms with Crippen LogP contribution in [-0.4, -0.2) is 57.2 Å². The number of phenols is 1. The Morgan fingerprint density at radius 3 is 2.13 bits per heavy atom. The first-order valence-electron chi connectivity index (χ1n) is 9.64. The Kier molecular flexibility index (Phi) is 9.76. The molecule has 2 amide bonds. The number of amides is 2. The largest absolute Gasteiger partial charge is 0.508 e. The molecule has 1 rings (SSSR count). The number of carbonyl (C=O) groups excluding carboxylic acids is 2. The van der Waals surface area contributed by atoms with E-state index in [1.807, 2.05) is 0 Å². The number of rotatable bonds is 12. The Bertz CT molecular complexity index is 751. The van der Waals surface area contributed by atoms with Gasteiger partial charge in [-0.15, -0.1) is 0 Å². The van der Waals surface area contributed by atoms with Crippen LogP contribution in [0.4, 0.5) is 0 Å². The minimum atomic E-state index is -1.19. The zero-order valence-electron chi connectivity index (χ0n) is 17.0. The van der Waals surface area contributed by atoms with Crippen LogP contribution in [0.5, 0.6) is 5.75 Å². The van der Waals surface area contributed by atoms with Crippen molar-refractivity contribution in [1.29, 1.82) is 0 Å². The van der Waals surface area contributed by atoms with Crippen LogP contribution in [0.25, 0.3) is 0 Å². The van der Waals surface area contributed by atoms with Crippen molar-refractivity contribution in [3.05, 3.63) is 29.8 Å². The fraction of sp³-hybridized carbons (Fsp3) is 0.500. The number of carboxylic acid groups (broad SMARTS) is 2. The third kappa shape index (κ3) is 8.08. The van der Waals surface area contributed by atoms with Crippen molar-refractivity contribution in [2.24, 2.45) is 11.7 Å². The third-order valence-electron chi connectivity index (χ3n) is 4.79. The molecule has 10 nitrogen and oxygen atoms in total. The van der Waals surface area contributed by atoms with Crippen LogP contribution in [0, 0.1) is 5.92 Å². The lowest BCUT2D eigenvalue weighted by molar-refractivity contribution is -0.143. The average molecular weight is 423 g/mol. The summed E-state index contributed by atoms with van der Waals surface area (Å²) < 4.78 is 0. The van der Waals surface area contributed by atoms with Gasteiger partial charge in [0.25, 0.3) is 0 Å². The van der Waals surface area contributed by atoms with Crippen molar-refractivity contribution in [1.82, 2.24) is 10.6 Å². The van der Waals surface area contributed by atoms with E-state index >= 15 is 0 Å². The van der Waals surface area contributed by atoms with Gasteiger partial charge in [0, 0.05) is 12.8 Å². The number of hydrogen-bond donors (Lipinski definition) is 6. The van der Waals surface area contributed by atoms with Gasteiger partial charge >= 0.3 is 11.9 Å². The summed E-state index contributed by atoms with van der Waals surface area (Å²) in [6.45, 7) is 3.48. The van der Waals surface area contributed by atoms with E-state index in [-0.39, 0.29) is 30.9 Å². The molecule has 0 heterocycles. The molecule has 4 atom stereocenters. The second kappa shape index (κ2) is 11.8. The fourth-order valence-electron chi connectivity index (χ4n) is 2.70. The zero-order valence-corrected chi connectivity index (χ0v) is 17.0. The molecule has 0 saturated heterocycles. The van der Waals surface area contributed by atoms with Gasteiger partial charge in [-0.25, -0.2) is 4.79 Å². The summed E-state index contributed by atoms with van der Waals surface area (Å²) in [5, 5.41) is 32.5. The number of benzene rings is 1. The van der Waals surface area contributed by atoms with E-state index in [0.29, 0.717) is 12.0 Å². The van der Waals surface area contributed by atoms with E-state index in [0.717, 1.165) is 0 Å². The van der Waals surface area contributed by atoms with E-state index in [1.165, 1.54) is 12.1 Å². The van der Waals surface area contributed by atoms with Crippen molar-refractivity contribution in [2.75, 3.05) is 0 Å². The Hall–Kier alpha value is -3.14. The van der Waals surface area contributed by atoms with E-state index in [2.05, 4.69) is 10.6 Å². The maximum atomic E-state index is 12.8. The van der Waals surface area contributed by atoms with E-state index in [4.69, 9.17) is 10.8 Å². The minimum absolute atomic E-state index is 0.0242. The van der Waals surface area contributed by atoms with E-state index in [9.17, 15) is 29.4 Å². The Balaban J connectivity index is 2.99. The minimum Gasteiger partial charge on any atom is -0.508 e.